The number of methoxy groups -OCH3 is 1. The molecule has 0 saturated carbocycles. The van der Waals surface area contributed by atoms with E-state index in [9.17, 15) is 9.90 Å². The summed E-state index contributed by atoms with van der Waals surface area (Å²) in [6, 6.07) is 7.03. The highest BCUT2D eigenvalue weighted by molar-refractivity contribution is 5.86. The molecule has 1 aromatic rings. The average Bonchev–Trinajstić information content (AvgIpc) is 2.85. The van der Waals surface area contributed by atoms with Gasteiger partial charge in [-0.15, -0.1) is 0 Å². The second kappa shape index (κ2) is 7.21. The zero-order valence-corrected chi connectivity index (χ0v) is 11.6. The molecule has 0 spiro atoms. The lowest BCUT2D eigenvalue weighted by molar-refractivity contribution is -0.134. The minimum Gasteiger partial charge on any atom is -0.466 e. The molecule has 1 aliphatic rings. The van der Waals surface area contributed by atoms with Gasteiger partial charge in [-0.1, -0.05) is 12.1 Å². The number of esters is 1. The zero-order chi connectivity index (χ0) is 15.2. The van der Waals surface area contributed by atoms with E-state index in [1.54, 1.807) is 30.3 Å². The Balaban J connectivity index is 1.91. The summed E-state index contributed by atoms with van der Waals surface area (Å²) in [6.45, 7) is -0.238. The zero-order valence-electron chi connectivity index (χ0n) is 11.6. The summed E-state index contributed by atoms with van der Waals surface area (Å²) < 4.78 is 15.4. The van der Waals surface area contributed by atoms with Crippen LogP contribution in [0.3, 0.4) is 0 Å². The summed E-state index contributed by atoms with van der Waals surface area (Å²) >= 11 is 0. The van der Waals surface area contributed by atoms with Crippen molar-refractivity contribution in [3.63, 3.8) is 0 Å². The van der Waals surface area contributed by atoms with Gasteiger partial charge >= 0.3 is 5.97 Å². The maximum Gasteiger partial charge on any atom is 0.330 e. The fourth-order valence-corrected chi connectivity index (χ4v) is 1.97. The molecule has 0 unspecified atom stereocenters. The van der Waals surface area contributed by atoms with Crippen molar-refractivity contribution in [2.75, 3.05) is 13.7 Å². The molecular formula is C15H18O6. The van der Waals surface area contributed by atoms with Crippen LogP contribution in [0.15, 0.2) is 30.3 Å². The largest absolute Gasteiger partial charge is 0.466 e. The molecule has 6 nitrogen and oxygen atoms in total. The van der Waals surface area contributed by atoms with Gasteiger partial charge in [0.15, 0.2) is 0 Å². The fraction of sp³-hybridized carbons (Fsp3) is 0.400. The van der Waals surface area contributed by atoms with Crippen LogP contribution in [0.5, 0.6) is 5.75 Å². The normalized spacial score (nSPS) is 25.2. The van der Waals surface area contributed by atoms with Crippen LogP contribution in [0.25, 0.3) is 6.08 Å². The van der Waals surface area contributed by atoms with Gasteiger partial charge < -0.3 is 24.4 Å². The molecule has 1 heterocycles. The molecule has 2 N–H and O–H groups in total. The quantitative estimate of drug-likeness (QED) is 0.615. The summed E-state index contributed by atoms with van der Waals surface area (Å²) in [6.07, 6.45) is 1.38. The molecule has 0 radical (unpaired) electrons. The van der Waals surface area contributed by atoms with Gasteiger partial charge in [0.25, 0.3) is 0 Å². The number of carbonyl (C=O) groups is 1. The van der Waals surface area contributed by atoms with Gasteiger partial charge in [-0.05, 0) is 23.8 Å². The first-order chi connectivity index (χ1) is 10.1. The number of ether oxygens (including phenoxy) is 3. The van der Waals surface area contributed by atoms with Gasteiger partial charge in [-0.3, -0.25) is 0 Å². The minimum atomic E-state index is -0.720. The van der Waals surface area contributed by atoms with Crippen LogP contribution in [-0.4, -0.2) is 48.4 Å². The van der Waals surface area contributed by atoms with Gasteiger partial charge in [0, 0.05) is 12.5 Å². The highest BCUT2D eigenvalue weighted by atomic mass is 16.7. The van der Waals surface area contributed by atoms with E-state index in [1.807, 2.05) is 0 Å². The first-order valence-electron chi connectivity index (χ1n) is 6.59. The van der Waals surface area contributed by atoms with E-state index in [1.165, 1.54) is 13.2 Å². The predicted molar refractivity (Wildman–Crippen MR) is 74.5 cm³/mol. The second-order valence-corrected chi connectivity index (χ2v) is 4.63. The molecule has 1 saturated heterocycles. The standard InChI is InChI=1S/C15H18O6/c1-19-14(18)7-4-10-2-5-11(6-3-10)20-15-8-12(17)13(9-16)21-15/h2-7,12-13,15-17H,8-9H2,1H3/b7-4+/t12-,13+,15+/m0/s1. The molecule has 0 bridgehead atoms. The van der Waals surface area contributed by atoms with E-state index in [2.05, 4.69) is 4.74 Å². The molecule has 3 atom stereocenters. The van der Waals surface area contributed by atoms with Crippen molar-refractivity contribution in [2.24, 2.45) is 0 Å². The van der Waals surface area contributed by atoms with E-state index < -0.39 is 24.5 Å². The Labute approximate surface area is 122 Å². The lowest BCUT2D eigenvalue weighted by Gasteiger charge is -2.14. The molecule has 21 heavy (non-hydrogen) atoms. The van der Waals surface area contributed by atoms with Gasteiger partial charge in [-0.2, -0.15) is 0 Å². The van der Waals surface area contributed by atoms with Crippen molar-refractivity contribution in [3.05, 3.63) is 35.9 Å². The Morgan fingerprint density at radius 1 is 1.43 bits per heavy atom. The van der Waals surface area contributed by atoms with Crippen LogP contribution in [-0.2, 0) is 14.3 Å². The van der Waals surface area contributed by atoms with Crippen LogP contribution >= 0.6 is 0 Å². The topological polar surface area (TPSA) is 85.2 Å². The number of benzene rings is 1. The van der Waals surface area contributed by atoms with Gasteiger partial charge in [0.2, 0.25) is 6.29 Å². The Morgan fingerprint density at radius 3 is 2.71 bits per heavy atom. The molecule has 1 fully saturated rings. The van der Waals surface area contributed by atoms with Crippen molar-refractivity contribution in [1.82, 2.24) is 0 Å². The maximum atomic E-state index is 11.0. The SMILES string of the molecule is COC(=O)/C=C/c1ccc(O[C@H]2C[C@H](O)[C@@H](CO)O2)cc1. The Hall–Kier alpha value is -1.89. The summed E-state index contributed by atoms with van der Waals surface area (Å²) in [5.41, 5.74) is 0.827. The molecule has 6 heteroatoms. The lowest BCUT2D eigenvalue weighted by Crippen LogP contribution is -2.24. The van der Waals surface area contributed by atoms with E-state index in [4.69, 9.17) is 14.6 Å². The van der Waals surface area contributed by atoms with Gasteiger partial charge in [-0.25, -0.2) is 4.79 Å². The molecule has 0 aromatic heterocycles. The minimum absolute atomic E-state index is 0.238. The number of aliphatic hydroxyl groups excluding tert-OH is 2. The summed E-state index contributed by atoms with van der Waals surface area (Å²) in [4.78, 5) is 11.0. The molecule has 2 rings (SSSR count). The molecule has 0 aliphatic carbocycles. The van der Waals surface area contributed by atoms with Crippen LogP contribution in [0.2, 0.25) is 0 Å². The first kappa shape index (κ1) is 15.5. The molecule has 1 aromatic carbocycles. The third-order valence-electron chi connectivity index (χ3n) is 3.13. The highest BCUT2D eigenvalue weighted by Gasteiger charge is 2.34. The molecule has 1 aliphatic heterocycles. The summed E-state index contributed by atoms with van der Waals surface area (Å²) in [5, 5.41) is 18.6. The first-order valence-corrected chi connectivity index (χ1v) is 6.59. The highest BCUT2D eigenvalue weighted by Crippen LogP contribution is 2.24. The van der Waals surface area contributed by atoms with Crippen molar-refractivity contribution >= 4 is 12.0 Å². The third kappa shape index (κ3) is 4.29. The van der Waals surface area contributed by atoms with Crippen molar-refractivity contribution in [1.29, 1.82) is 0 Å². The lowest BCUT2D eigenvalue weighted by atomic mass is 10.2. The number of aliphatic hydroxyl groups is 2. The summed E-state index contributed by atoms with van der Waals surface area (Å²) in [7, 11) is 1.32. The van der Waals surface area contributed by atoms with Crippen LogP contribution in [0.4, 0.5) is 0 Å². The van der Waals surface area contributed by atoms with Crippen LogP contribution in [0.1, 0.15) is 12.0 Å². The van der Waals surface area contributed by atoms with Gasteiger partial charge in [0.05, 0.1) is 19.8 Å². The maximum absolute atomic E-state index is 11.0. The van der Waals surface area contributed by atoms with Gasteiger partial charge in [0.1, 0.15) is 11.9 Å². The van der Waals surface area contributed by atoms with E-state index in [-0.39, 0.29) is 6.61 Å². The van der Waals surface area contributed by atoms with Crippen molar-refractivity contribution in [3.8, 4) is 5.75 Å². The van der Waals surface area contributed by atoms with Crippen LogP contribution in [0, 0.1) is 0 Å². The van der Waals surface area contributed by atoms with Crippen LogP contribution < -0.4 is 4.74 Å². The smallest absolute Gasteiger partial charge is 0.330 e. The number of hydrogen-bond donors (Lipinski definition) is 2. The predicted octanol–water partition coefficient (Wildman–Crippen LogP) is 0.720. The molecular weight excluding hydrogens is 276 g/mol. The average molecular weight is 294 g/mol. The Bertz CT molecular complexity index is 495. The number of rotatable bonds is 5. The Kier molecular flexibility index (Phi) is 5.32. The number of hydrogen-bond acceptors (Lipinski definition) is 6. The van der Waals surface area contributed by atoms with Crippen molar-refractivity contribution < 1.29 is 29.2 Å². The fourth-order valence-electron chi connectivity index (χ4n) is 1.97. The monoisotopic (exact) mass is 294 g/mol. The summed E-state index contributed by atoms with van der Waals surface area (Å²) in [5.74, 6) is 0.166. The molecule has 0 amide bonds. The third-order valence-corrected chi connectivity index (χ3v) is 3.13. The van der Waals surface area contributed by atoms with E-state index in [0.717, 1.165) is 5.56 Å². The number of carbonyl (C=O) groups excluding carboxylic acids is 1. The second-order valence-electron chi connectivity index (χ2n) is 4.63. The van der Waals surface area contributed by atoms with Crippen molar-refractivity contribution in [2.45, 2.75) is 24.9 Å². The molecule has 114 valence electrons. The van der Waals surface area contributed by atoms with E-state index in [0.29, 0.717) is 12.2 Å². The van der Waals surface area contributed by atoms with E-state index >= 15 is 0 Å². The Morgan fingerprint density at radius 2 is 2.14 bits per heavy atom.